The van der Waals surface area contributed by atoms with Crippen molar-refractivity contribution >= 4 is 12.0 Å². The lowest BCUT2D eigenvalue weighted by Crippen LogP contribution is -2.39. The molecule has 1 saturated heterocycles. The van der Waals surface area contributed by atoms with Crippen molar-refractivity contribution in [1.29, 1.82) is 0 Å². The third-order valence-corrected chi connectivity index (χ3v) is 3.29. The van der Waals surface area contributed by atoms with Gasteiger partial charge in [-0.25, -0.2) is 4.79 Å². The van der Waals surface area contributed by atoms with Gasteiger partial charge in [0, 0.05) is 39.3 Å². The number of carbonyl (C=O) groups is 2. The molecule has 6 nitrogen and oxygen atoms in total. The van der Waals surface area contributed by atoms with Gasteiger partial charge in [0.05, 0.1) is 0 Å². The van der Waals surface area contributed by atoms with Gasteiger partial charge in [0.1, 0.15) is 0 Å². The highest BCUT2D eigenvalue weighted by atomic mass is 16.5. The summed E-state index contributed by atoms with van der Waals surface area (Å²) in [5.41, 5.74) is 0. The summed E-state index contributed by atoms with van der Waals surface area (Å²) in [6.45, 7) is 5.32. The summed E-state index contributed by atoms with van der Waals surface area (Å²) < 4.78 is 5.19. The Balaban J connectivity index is 2.11. The standard InChI is InChI=1S/C13H24N2O4/c1-2-19-9-3-7-14-13(18)15-8-6-11(10-15)4-5-12(16)17/h11H,2-10H2,1H3,(H,14,18)(H,16,17). The van der Waals surface area contributed by atoms with E-state index in [0.717, 1.165) is 19.4 Å². The highest BCUT2D eigenvalue weighted by Gasteiger charge is 2.26. The van der Waals surface area contributed by atoms with Crippen LogP contribution in [-0.2, 0) is 9.53 Å². The smallest absolute Gasteiger partial charge is 0.317 e. The lowest BCUT2D eigenvalue weighted by molar-refractivity contribution is -0.137. The first-order chi connectivity index (χ1) is 9.13. The number of rotatable bonds is 8. The van der Waals surface area contributed by atoms with Crippen molar-refractivity contribution < 1.29 is 19.4 Å². The zero-order chi connectivity index (χ0) is 14.1. The molecule has 0 aromatic heterocycles. The van der Waals surface area contributed by atoms with Gasteiger partial charge in [-0.1, -0.05) is 0 Å². The van der Waals surface area contributed by atoms with Gasteiger partial charge in [0.2, 0.25) is 0 Å². The molecule has 2 N–H and O–H groups in total. The Morgan fingerprint density at radius 1 is 1.47 bits per heavy atom. The number of ether oxygens (including phenoxy) is 1. The van der Waals surface area contributed by atoms with E-state index in [1.807, 2.05) is 6.92 Å². The molecule has 0 radical (unpaired) electrons. The minimum atomic E-state index is -0.765. The van der Waals surface area contributed by atoms with Gasteiger partial charge >= 0.3 is 12.0 Å². The van der Waals surface area contributed by atoms with Gasteiger partial charge in [0.15, 0.2) is 0 Å². The van der Waals surface area contributed by atoms with Crippen LogP contribution in [0.5, 0.6) is 0 Å². The molecule has 110 valence electrons. The number of carbonyl (C=O) groups excluding carboxylic acids is 1. The van der Waals surface area contributed by atoms with Gasteiger partial charge in [-0.3, -0.25) is 4.79 Å². The minimum absolute atomic E-state index is 0.0469. The maximum Gasteiger partial charge on any atom is 0.317 e. The van der Waals surface area contributed by atoms with Crippen molar-refractivity contribution in [2.24, 2.45) is 5.92 Å². The van der Waals surface area contributed by atoms with Crippen molar-refractivity contribution in [2.45, 2.75) is 32.6 Å². The molecule has 0 aromatic rings. The Labute approximate surface area is 114 Å². The lowest BCUT2D eigenvalue weighted by atomic mass is 10.0. The Morgan fingerprint density at radius 3 is 2.95 bits per heavy atom. The van der Waals surface area contributed by atoms with Crippen molar-refractivity contribution in [3.8, 4) is 0 Å². The Bertz CT molecular complexity index is 296. The SMILES string of the molecule is CCOCCCNC(=O)N1CCC(CCC(=O)O)C1. The Morgan fingerprint density at radius 2 is 2.26 bits per heavy atom. The number of aliphatic carboxylic acids is 1. The van der Waals surface area contributed by atoms with Gasteiger partial charge < -0.3 is 20.1 Å². The number of nitrogens with zero attached hydrogens (tertiary/aromatic N) is 1. The van der Waals surface area contributed by atoms with Crippen LogP contribution in [0.3, 0.4) is 0 Å². The minimum Gasteiger partial charge on any atom is -0.481 e. The molecule has 6 heteroatoms. The number of hydrogen-bond donors (Lipinski definition) is 2. The van der Waals surface area contributed by atoms with E-state index in [9.17, 15) is 9.59 Å². The van der Waals surface area contributed by atoms with Crippen LogP contribution in [0.4, 0.5) is 4.79 Å². The third-order valence-electron chi connectivity index (χ3n) is 3.29. The lowest BCUT2D eigenvalue weighted by Gasteiger charge is -2.17. The molecule has 1 fully saturated rings. The monoisotopic (exact) mass is 272 g/mol. The predicted molar refractivity (Wildman–Crippen MR) is 71.1 cm³/mol. The normalized spacial score (nSPS) is 18.6. The molecule has 0 aromatic carbocycles. The summed E-state index contributed by atoms with van der Waals surface area (Å²) in [5, 5.41) is 11.5. The second-order valence-corrected chi connectivity index (χ2v) is 4.82. The van der Waals surface area contributed by atoms with Gasteiger partial charge in [-0.2, -0.15) is 0 Å². The topological polar surface area (TPSA) is 78.9 Å². The average Bonchev–Trinajstić information content (AvgIpc) is 2.84. The molecule has 0 aliphatic carbocycles. The molecule has 1 heterocycles. The van der Waals surface area contributed by atoms with Gasteiger partial charge in [0.25, 0.3) is 0 Å². The zero-order valence-electron chi connectivity index (χ0n) is 11.6. The summed E-state index contributed by atoms with van der Waals surface area (Å²) in [5.74, 6) is -0.441. The fourth-order valence-electron chi connectivity index (χ4n) is 2.21. The molecule has 0 spiro atoms. The number of amides is 2. The van der Waals surface area contributed by atoms with Crippen LogP contribution in [0.15, 0.2) is 0 Å². The first-order valence-electron chi connectivity index (χ1n) is 6.95. The maximum atomic E-state index is 11.8. The molecular weight excluding hydrogens is 248 g/mol. The molecule has 1 aliphatic rings. The Hall–Kier alpha value is -1.30. The van der Waals surface area contributed by atoms with Gasteiger partial charge in [-0.15, -0.1) is 0 Å². The first kappa shape index (κ1) is 15.8. The van der Waals surface area contributed by atoms with E-state index in [1.54, 1.807) is 4.90 Å². The quantitative estimate of drug-likeness (QED) is 0.653. The fraction of sp³-hybridized carbons (Fsp3) is 0.846. The van der Waals surface area contributed by atoms with Crippen LogP contribution in [0.2, 0.25) is 0 Å². The van der Waals surface area contributed by atoms with Crippen molar-refractivity contribution in [3.63, 3.8) is 0 Å². The second kappa shape index (κ2) is 8.74. The maximum absolute atomic E-state index is 11.8. The molecule has 2 amide bonds. The van der Waals surface area contributed by atoms with E-state index in [4.69, 9.17) is 9.84 Å². The van der Waals surface area contributed by atoms with Crippen LogP contribution < -0.4 is 5.32 Å². The molecule has 1 atom stereocenters. The number of carboxylic acids is 1. The fourth-order valence-corrected chi connectivity index (χ4v) is 2.21. The number of nitrogens with one attached hydrogen (secondary N) is 1. The third kappa shape index (κ3) is 6.42. The highest BCUT2D eigenvalue weighted by molar-refractivity contribution is 5.74. The van der Waals surface area contributed by atoms with E-state index in [2.05, 4.69) is 5.32 Å². The molecule has 1 aliphatic heterocycles. The largest absolute Gasteiger partial charge is 0.481 e. The number of urea groups is 1. The summed E-state index contributed by atoms with van der Waals surface area (Å²) in [6.07, 6.45) is 2.56. The molecule has 1 rings (SSSR count). The molecule has 0 saturated carbocycles. The van der Waals surface area contributed by atoms with Crippen molar-refractivity contribution in [1.82, 2.24) is 10.2 Å². The summed E-state index contributed by atoms with van der Waals surface area (Å²) in [7, 11) is 0. The number of likely N-dealkylation sites (tertiary alicyclic amines) is 1. The van der Waals surface area contributed by atoms with E-state index in [1.165, 1.54) is 0 Å². The van der Waals surface area contributed by atoms with Crippen LogP contribution in [-0.4, -0.2) is 54.9 Å². The van der Waals surface area contributed by atoms with E-state index < -0.39 is 5.97 Å². The van der Waals surface area contributed by atoms with E-state index >= 15 is 0 Å². The predicted octanol–water partition coefficient (Wildman–Crippen LogP) is 1.31. The molecule has 1 unspecified atom stereocenters. The Kier molecular flexibility index (Phi) is 7.25. The van der Waals surface area contributed by atoms with Crippen molar-refractivity contribution in [3.05, 3.63) is 0 Å². The van der Waals surface area contributed by atoms with Crippen LogP contribution >= 0.6 is 0 Å². The summed E-state index contributed by atoms with van der Waals surface area (Å²) >= 11 is 0. The average molecular weight is 272 g/mol. The number of carboxylic acid groups (broad SMARTS) is 1. The summed E-state index contributed by atoms with van der Waals surface area (Å²) in [6, 6.07) is -0.0469. The van der Waals surface area contributed by atoms with Crippen LogP contribution in [0, 0.1) is 5.92 Å². The first-order valence-corrected chi connectivity index (χ1v) is 6.95. The highest BCUT2D eigenvalue weighted by Crippen LogP contribution is 2.20. The zero-order valence-corrected chi connectivity index (χ0v) is 11.6. The van der Waals surface area contributed by atoms with Crippen LogP contribution in [0.25, 0.3) is 0 Å². The number of hydrogen-bond acceptors (Lipinski definition) is 3. The molecule has 19 heavy (non-hydrogen) atoms. The second-order valence-electron chi connectivity index (χ2n) is 4.82. The van der Waals surface area contributed by atoms with Gasteiger partial charge in [-0.05, 0) is 32.1 Å². The van der Waals surface area contributed by atoms with Crippen LogP contribution in [0.1, 0.15) is 32.6 Å². The van der Waals surface area contributed by atoms with E-state index in [-0.39, 0.29) is 12.5 Å². The molecule has 0 bridgehead atoms. The van der Waals surface area contributed by atoms with Crippen molar-refractivity contribution in [2.75, 3.05) is 32.8 Å². The summed E-state index contributed by atoms with van der Waals surface area (Å²) in [4.78, 5) is 24.1. The molecular formula is C13H24N2O4. The van der Waals surface area contributed by atoms with E-state index in [0.29, 0.717) is 38.6 Å².